The molecule has 0 bridgehead atoms. The fourth-order valence-corrected chi connectivity index (χ4v) is 5.54. The summed E-state index contributed by atoms with van der Waals surface area (Å²) in [4.78, 5) is 40.4. The smallest absolute Gasteiger partial charge is 0.382 e. The molecule has 4 heterocycles. The highest BCUT2D eigenvalue weighted by molar-refractivity contribution is 6.04. The fourth-order valence-electron chi connectivity index (χ4n) is 5.54. The number of likely N-dealkylation sites (tertiary alicyclic amines) is 1. The van der Waals surface area contributed by atoms with E-state index in [4.69, 9.17) is 10.7 Å². The van der Waals surface area contributed by atoms with Gasteiger partial charge in [-0.1, -0.05) is 18.1 Å². The standard InChI is InChI=1S/C28H22F3N7O2/c1-2-3-21(39)38-12-9-19-15-27(19,38)26-36-22(23-24(32)34-11-13-37(23)26)16-4-6-17(7-5-16)25(40)35-20-14-18(8-10-33-20)28(29,30)31/h4-8,10-11,13-14,19H,9,12,15H2,1H3,(H2,32,34)(H,33,35,40). The number of benzene rings is 1. The average Bonchev–Trinajstić information content (AvgIpc) is 3.31. The number of pyridine rings is 1. The van der Waals surface area contributed by atoms with Crippen LogP contribution in [0.25, 0.3) is 16.8 Å². The molecule has 9 nitrogen and oxygen atoms in total. The molecule has 40 heavy (non-hydrogen) atoms. The van der Waals surface area contributed by atoms with Gasteiger partial charge in [0.15, 0.2) is 0 Å². The molecule has 1 saturated carbocycles. The van der Waals surface area contributed by atoms with Gasteiger partial charge >= 0.3 is 6.18 Å². The van der Waals surface area contributed by atoms with Crippen LogP contribution in [0.2, 0.25) is 0 Å². The number of anilines is 2. The van der Waals surface area contributed by atoms with E-state index in [-0.39, 0.29) is 29.0 Å². The minimum absolute atomic E-state index is 0.212. The Hall–Kier alpha value is -4.92. The first-order valence-electron chi connectivity index (χ1n) is 12.5. The van der Waals surface area contributed by atoms with E-state index >= 15 is 0 Å². The highest BCUT2D eigenvalue weighted by atomic mass is 19.4. The van der Waals surface area contributed by atoms with Gasteiger partial charge in [-0.25, -0.2) is 15.0 Å². The highest BCUT2D eigenvalue weighted by Crippen LogP contribution is 2.62. The van der Waals surface area contributed by atoms with Crippen LogP contribution in [0.3, 0.4) is 0 Å². The molecule has 0 radical (unpaired) electrons. The molecular weight excluding hydrogens is 523 g/mol. The van der Waals surface area contributed by atoms with Crippen LogP contribution in [-0.4, -0.2) is 42.6 Å². The van der Waals surface area contributed by atoms with E-state index in [0.717, 1.165) is 31.2 Å². The van der Waals surface area contributed by atoms with E-state index in [1.54, 1.807) is 36.4 Å². The predicted octanol–water partition coefficient (Wildman–Crippen LogP) is 4.12. The van der Waals surface area contributed by atoms with Crippen LogP contribution >= 0.6 is 0 Å². The van der Waals surface area contributed by atoms with Crippen molar-refractivity contribution in [2.45, 2.75) is 31.5 Å². The van der Waals surface area contributed by atoms with Crippen molar-refractivity contribution in [1.82, 2.24) is 24.3 Å². The zero-order chi connectivity index (χ0) is 28.2. The van der Waals surface area contributed by atoms with Crippen LogP contribution in [0, 0.1) is 17.8 Å². The molecule has 1 aliphatic carbocycles. The molecule has 2 fully saturated rings. The molecule has 202 valence electrons. The number of carbonyl (C=O) groups is 2. The summed E-state index contributed by atoms with van der Waals surface area (Å²) in [6, 6.07) is 8.03. The number of hydrogen-bond acceptors (Lipinski definition) is 6. The summed E-state index contributed by atoms with van der Waals surface area (Å²) in [5, 5.41) is 2.40. The van der Waals surface area contributed by atoms with E-state index < -0.39 is 23.2 Å². The molecule has 2 atom stereocenters. The van der Waals surface area contributed by atoms with Gasteiger partial charge in [-0.3, -0.25) is 14.0 Å². The first kappa shape index (κ1) is 25.4. The van der Waals surface area contributed by atoms with Gasteiger partial charge in [0, 0.05) is 36.3 Å². The molecular formula is C28H22F3N7O2. The summed E-state index contributed by atoms with van der Waals surface area (Å²) in [6.45, 7) is 2.22. The average molecular weight is 546 g/mol. The lowest BCUT2D eigenvalue weighted by Gasteiger charge is -2.25. The van der Waals surface area contributed by atoms with Crippen LogP contribution in [0.15, 0.2) is 55.0 Å². The number of nitrogens with two attached hydrogens (primary N) is 1. The van der Waals surface area contributed by atoms with Gasteiger partial charge in [0.05, 0.1) is 5.56 Å². The topological polar surface area (TPSA) is 119 Å². The van der Waals surface area contributed by atoms with Gasteiger partial charge in [0.2, 0.25) is 0 Å². The number of alkyl halides is 3. The number of rotatable bonds is 4. The van der Waals surface area contributed by atoms with Crippen LogP contribution in [-0.2, 0) is 16.5 Å². The van der Waals surface area contributed by atoms with E-state index in [1.807, 2.05) is 4.40 Å². The Bertz CT molecular complexity index is 1740. The second-order valence-corrected chi connectivity index (χ2v) is 9.72. The Kier molecular flexibility index (Phi) is 5.76. The second kappa shape index (κ2) is 9.08. The largest absolute Gasteiger partial charge is 0.416 e. The molecule has 3 aromatic heterocycles. The maximum atomic E-state index is 13.0. The third kappa shape index (κ3) is 4.02. The van der Waals surface area contributed by atoms with Crippen molar-refractivity contribution in [3.05, 3.63) is 71.9 Å². The number of nitrogen functional groups attached to an aromatic ring is 1. The van der Waals surface area contributed by atoms with Crippen molar-refractivity contribution in [2.75, 3.05) is 17.6 Å². The van der Waals surface area contributed by atoms with Crippen molar-refractivity contribution < 1.29 is 22.8 Å². The number of imidazole rings is 1. The molecule has 6 rings (SSSR count). The predicted molar refractivity (Wildman–Crippen MR) is 140 cm³/mol. The van der Waals surface area contributed by atoms with Gasteiger partial charge in [-0.15, -0.1) is 0 Å². The quantitative estimate of drug-likeness (QED) is 0.373. The lowest BCUT2D eigenvalue weighted by molar-refractivity contribution is -0.137. The van der Waals surface area contributed by atoms with Crippen molar-refractivity contribution in [2.24, 2.45) is 5.92 Å². The zero-order valence-corrected chi connectivity index (χ0v) is 21.2. The number of halogens is 3. The Labute approximate surface area is 226 Å². The minimum Gasteiger partial charge on any atom is -0.382 e. The number of fused-ring (bicyclic) bond motifs is 2. The molecule has 4 aromatic rings. The monoisotopic (exact) mass is 545 g/mol. The van der Waals surface area contributed by atoms with Crippen LogP contribution < -0.4 is 11.1 Å². The number of amides is 2. The van der Waals surface area contributed by atoms with Crippen molar-refractivity contribution >= 4 is 29.0 Å². The molecule has 2 unspecified atom stereocenters. The first-order chi connectivity index (χ1) is 19.1. The molecule has 2 amide bonds. The molecule has 1 aliphatic heterocycles. The van der Waals surface area contributed by atoms with E-state index in [1.165, 1.54) is 12.1 Å². The Balaban J connectivity index is 1.33. The summed E-state index contributed by atoms with van der Waals surface area (Å²) in [5.41, 5.74) is 6.77. The number of aromatic nitrogens is 4. The maximum Gasteiger partial charge on any atom is 0.416 e. The molecule has 2 aliphatic rings. The van der Waals surface area contributed by atoms with Gasteiger partial charge in [0.25, 0.3) is 11.8 Å². The van der Waals surface area contributed by atoms with E-state index in [2.05, 4.69) is 27.1 Å². The SMILES string of the molecule is CC#CC(=O)N1CCC2CC21c1nc(-c2ccc(C(=O)Nc3cc(C(F)(F)F)ccn3)cc2)c2c(N)nccn12. The maximum absolute atomic E-state index is 13.0. The van der Waals surface area contributed by atoms with Crippen LogP contribution in [0.1, 0.15) is 41.5 Å². The molecule has 1 aromatic carbocycles. The van der Waals surface area contributed by atoms with Crippen molar-refractivity contribution in [1.29, 1.82) is 0 Å². The van der Waals surface area contributed by atoms with Gasteiger partial charge in [-0.05, 0) is 55.9 Å². The Morgan fingerprint density at radius 1 is 1.15 bits per heavy atom. The molecule has 1 saturated heterocycles. The highest BCUT2D eigenvalue weighted by Gasteiger charge is 2.66. The van der Waals surface area contributed by atoms with Gasteiger partial charge in [0.1, 0.15) is 34.2 Å². The first-order valence-corrected chi connectivity index (χ1v) is 12.5. The summed E-state index contributed by atoms with van der Waals surface area (Å²) in [6.07, 6.45) is 1.39. The lowest BCUT2D eigenvalue weighted by atomic mass is 10.1. The van der Waals surface area contributed by atoms with Crippen molar-refractivity contribution in [3.63, 3.8) is 0 Å². The van der Waals surface area contributed by atoms with Gasteiger partial charge < -0.3 is 16.0 Å². The van der Waals surface area contributed by atoms with E-state index in [9.17, 15) is 22.8 Å². The number of nitrogens with one attached hydrogen (secondary N) is 1. The number of carbonyl (C=O) groups excluding carboxylic acids is 2. The second-order valence-electron chi connectivity index (χ2n) is 9.72. The third-order valence-electron chi connectivity index (χ3n) is 7.45. The number of nitrogens with zero attached hydrogens (tertiary/aromatic N) is 5. The fraction of sp³-hybridized carbons (Fsp3) is 0.250. The van der Waals surface area contributed by atoms with Gasteiger partial charge in [-0.2, -0.15) is 13.2 Å². The number of piperidine rings is 1. The molecule has 0 spiro atoms. The van der Waals surface area contributed by atoms with Crippen molar-refractivity contribution in [3.8, 4) is 23.1 Å². The van der Waals surface area contributed by atoms with Crippen LogP contribution in [0.5, 0.6) is 0 Å². The molecule has 12 heteroatoms. The Morgan fingerprint density at radius 3 is 2.62 bits per heavy atom. The van der Waals surface area contributed by atoms with Crippen LogP contribution in [0.4, 0.5) is 24.8 Å². The Morgan fingerprint density at radius 2 is 1.93 bits per heavy atom. The minimum atomic E-state index is -4.56. The normalized spacial score (nSPS) is 19.6. The summed E-state index contributed by atoms with van der Waals surface area (Å²) in [7, 11) is 0. The number of hydrogen-bond donors (Lipinski definition) is 2. The summed E-state index contributed by atoms with van der Waals surface area (Å²) < 4.78 is 40.9. The summed E-state index contributed by atoms with van der Waals surface area (Å²) >= 11 is 0. The zero-order valence-electron chi connectivity index (χ0n) is 21.2. The molecule has 3 N–H and O–H groups in total. The third-order valence-corrected chi connectivity index (χ3v) is 7.45. The summed E-state index contributed by atoms with van der Waals surface area (Å²) in [5.74, 6) is 5.45. The van der Waals surface area contributed by atoms with E-state index in [0.29, 0.717) is 29.1 Å². The lowest BCUT2D eigenvalue weighted by Crippen LogP contribution is -2.38.